The Morgan fingerprint density at radius 1 is 1.40 bits per heavy atom. The molecular weight excluding hydrogens is 386 g/mol. The lowest BCUT2D eigenvalue weighted by molar-refractivity contribution is -0.123. The second-order valence-corrected chi connectivity index (χ2v) is 7.30. The number of aryl methyl sites for hydroxylation is 2. The Bertz CT molecular complexity index is 754. The predicted octanol–water partition coefficient (Wildman–Crippen LogP) is 3.67. The Morgan fingerprint density at radius 2 is 2.16 bits per heavy atom. The van der Waals surface area contributed by atoms with Crippen LogP contribution in [0.3, 0.4) is 0 Å². The highest BCUT2D eigenvalue weighted by atomic mass is 79.9. The number of carbonyl (C=O) groups is 1. The highest BCUT2D eigenvalue weighted by Gasteiger charge is 2.41. The summed E-state index contributed by atoms with van der Waals surface area (Å²) in [5.41, 5.74) is 0.605. The molecule has 1 N–H and O–H groups in total. The standard InChI is InChI=1S/C18H22BrN3O3/c1-12-20-17(22-25-12)18(9-3-4-10-18)21-16(23)8-6-13-5-7-15(24-2)14(19)11-13/h5,7,11H,3-4,6,8-10H2,1-2H3,(H,21,23). The van der Waals surface area contributed by atoms with Gasteiger partial charge in [-0.2, -0.15) is 4.98 Å². The molecule has 134 valence electrons. The molecule has 25 heavy (non-hydrogen) atoms. The van der Waals surface area contributed by atoms with Gasteiger partial charge in [0.15, 0.2) is 5.82 Å². The number of ether oxygens (including phenoxy) is 1. The van der Waals surface area contributed by atoms with Crippen LogP contribution in [0.25, 0.3) is 0 Å². The average molecular weight is 408 g/mol. The summed E-state index contributed by atoms with van der Waals surface area (Å²) < 4.78 is 11.2. The third-order valence-corrected chi connectivity index (χ3v) is 5.27. The van der Waals surface area contributed by atoms with Gasteiger partial charge < -0.3 is 14.6 Å². The van der Waals surface area contributed by atoms with E-state index in [-0.39, 0.29) is 5.91 Å². The van der Waals surface area contributed by atoms with Crippen LogP contribution in [0.5, 0.6) is 5.75 Å². The lowest BCUT2D eigenvalue weighted by Gasteiger charge is -2.26. The fourth-order valence-electron chi connectivity index (χ4n) is 3.33. The highest BCUT2D eigenvalue weighted by molar-refractivity contribution is 9.10. The number of amides is 1. The largest absolute Gasteiger partial charge is 0.496 e. The summed E-state index contributed by atoms with van der Waals surface area (Å²) in [6.45, 7) is 1.77. The summed E-state index contributed by atoms with van der Waals surface area (Å²) in [6.07, 6.45) is 4.89. The molecule has 1 heterocycles. The van der Waals surface area contributed by atoms with E-state index in [0.29, 0.717) is 24.6 Å². The number of aromatic nitrogens is 2. The van der Waals surface area contributed by atoms with E-state index >= 15 is 0 Å². The fraction of sp³-hybridized carbons (Fsp3) is 0.500. The van der Waals surface area contributed by atoms with Gasteiger partial charge in [0.25, 0.3) is 0 Å². The molecule has 3 rings (SSSR count). The molecule has 0 aliphatic heterocycles. The number of halogens is 1. The highest BCUT2D eigenvalue weighted by Crippen LogP contribution is 2.37. The number of carbonyl (C=O) groups excluding carboxylic acids is 1. The van der Waals surface area contributed by atoms with E-state index in [1.165, 1.54) is 0 Å². The van der Waals surface area contributed by atoms with Crippen LogP contribution in [0, 0.1) is 6.92 Å². The molecule has 0 bridgehead atoms. The minimum Gasteiger partial charge on any atom is -0.496 e. The SMILES string of the molecule is COc1ccc(CCC(=O)NC2(c3noc(C)n3)CCCC2)cc1Br. The lowest BCUT2D eigenvalue weighted by Crippen LogP contribution is -2.44. The van der Waals surface area contributed by atoms with Gasteiger partial charge in [-0.1, -0.05) is 24.1 Å². The number of rotatable bonds is 6. The second-order valence-electron chi connectivity index (χ2n) is 6.44. The van der Waals surface area contributed by atoms with Gasteiger partial charge >= 0.3 is 0 Å². The van der Waals surface area contributed by atoms with Gasteiger partial charge in [-0.15, -0.1) is 0 Å². The van der Waals surface area contributed by atoms with Crippen molar-refractivity contribution in [1.29, 1.82) is 0 Å². The van der Waals surface area contributed by atoms with Crippen molar-refractivity contribution in [2.24, 2.45) is 0 Å². The number of hydrogen-bond donors (Lipinski definition) is 1. The molecule has 2 aromatic rings. The molecular formula is C18H22BrN3O3. The number of nitrogens with one attached hydrogen (secondary N) is 1. The van der Waals surface area contributed by atoms with Gasteiger partial charge in [0.1, 0.15) is 11.3 Å². The Hall–Kier alpha value is -1.89. The Kier molecular flexibility index (Phi) is 5.42. The summed E-state index contributed by atoms with van der Waals surface area (Å²) >= 11 is 3.47. The first kappa shape index (κ1) is 17.9. The first-order valence-electron chi connectivity index (χ1n) is 8.47. The van der Waals surface area contributed by atoms with Crippen molar-refractivity contribution < 1.29 is 14.1 Å². The zero-order valence-electron chi connectivity index (χ0n) is 14.5. The Labute approximate surface area is 155 Å². The minimum absolute atomic E-state index is 0.0105. The number of hydrogen-bond acceptors (Lipinski definition) is 5. The molecule has 0 atom stereocenters. The first-order chi connectivity index (χ1) is 12.0. The second kappa shape index (κ2) is 7.56. The quantitative estimate of drug-likeness (QED) is 0.790. The molecule has 6 nitrogen and oxygen atoms in total. The van der Waals surface area contributed by atoms with Crippen LogP contribution in [0.1, 0.15) is 49.4 Å². The maximum atomic E-state index is 12.5. The molecule has 1 amide bonds. The van der Waals surface area contributed by atoms with Gasteiger partial charge in [0.2, 0.25) is 11.8 Å². The van der Waals surface area contributed by atoms with Gasteiger partial charge in [0.05, 0.1) is 11.6 Å². The minimum atomic E-state index is -0.477. The third kappa shape index (κ3) is 4.03. The fourth-order valence-corrected chi connectivity index (χ4v) is 3.92. The van der Waals surface area contributed by atoms with Crippen molar-refractivity contribution in [3.05, 3.63) is 40.0 Å². The number of benzene rings is 1. The monoisotopic (exact) mass is 407 g/mol. The van der Waals surface area contributed by atoms with Crippen LogP contribution < -0.4 is 10.1 Å². The van der Waals surface area contributed by atoms with Crippen LogP contribution in [-0.2, 0) is 16.8 Å². The summed E-state index contributed by atoms with van der Waals surface area (Å²) in [7, 11) is 1.63. The van der Waals surface area contributed by atoms with Crippen LogP contribution in [0.4, 0.5) is 0 Å². The summed E-state index contributed by atoms with van der Waals surface area (Å²) in [4.78, 5) is 16.9. The molecule has 0 spiro atoms. The molecule has 7 heteroatoms. The summed E-state index contributed by atoms with van der Waals surface area (Å²) in [5.74, 6) is 1.92. The molecule has 0 unspecified atom stereocenters. The third-order valence-electron chi connectivity index (χ3n) is 4.65. The maximum Gasteiger partial charge on any atom is 0.223 e. The van der Waals surface area contributed by atoms with Gasteiger partial charge in [-0.3, -0.25) is 4.79 Å². The molecule has 0 saturated heterocycles. The van der Waals surface area contributed by atoms with E-state index in [2.05, 4.69) is 31.4 Å². The zero-order chi connectivity index (χ0) is 17.9. The van der Waals surface area contributed by atoms with Crippen molar-refractivity contribution >= 4 is 21.8 Å². The Balaban J connectivity index is 1.64. The van der Waals surface area contributed by atoms with Gasteiger partial charge in [-0.05, 0) is 52.9 Å². The molecule has 1 aromatic heterocycles. The lowest BCUT2D eigenvalue weighted by atomic mass is 9.96. The van der Waals surface area contributed by atoms with Gasteiger partial charge in [0, 0.05) is 13.3 Å². The maximum absolute atomic E-state index is 12.5. The average Bonchev–Trinajstić information content (AvgIpc) is 3.23. The molecule has 1 aliphatic rings. The van der Waals surface area contributed by atoms with Gasteiger partial charge in [-0.25, -0.2) is 0 Å². The van der Waals surface area contributed by atoms with Crippen molar-refractivity contribution in [2.75, 3.05) is 7.11 Å². The van der Waals surface area contributed by atoms with Crippen molar-refractivity contribution in [3.8, 4) is 5.75 Å². The number of methoxy groups -OCH3 is 1. The molecule has 0 radical (unpaired) electrons. The van der Waals surface area contributed by atoms with E-state index in [0.717, 1.165) is 41.5 Å². The number of nitrogens with zero attached hydrogens (tertiary/aromatic N) is 2. The van der Waals surface area contributed by atoms with E-state index in [4.69, 9.17) is 9.26 Å². The molecule has 1 aromatic carbocycles. The van der Waals surface area contributed by atoms with E-state index < -0.39 is 5.54 Å². The van der Waals surface area contributed by atoms with Crippen molar-refractivity contribution in [2.45, 2.75) is 51.0 Å². The normalized spacial score (nSPS) is 16.0. The predicted molar refractivity (Wildman–Crippen MR) is 96.3 cm³/mol. The van der Waals surface area contributed by atoms with Crippen LogP contribution in [0.15, 0.2) is 27.2 Å². The summed E-state index contributed by atoms with van der Waals surface area (Å²) in [5, 5.41) is 7.22. The zero-order valence-corrected chi connectivity index (χ0v) is 16.1. The van der Waals surface area contributed by atoms with Crippen molar-refractivity contribution in [3.63, 3.8) is 0 Å². The van der Waals surface area contributed by atoms with Crippen LogP contribution >= 0.6 is 15.9 Å². The van der Waals surface area contributed by atoms with E-state index in [1.54, 1.807) is 14.0 Å². The van der Waals surface area contributed by atoms with Crippen LogP contribution in [0.2, 0.25) is 0 Å². The molecule has 1 aliphatic carbocycles. The topological polar surface area (TPSA) is 77.2 Å². The smallest absolute Gasteiger partial charge is 0.223 e. The van der Waals surface area contributed by atoms with Crippen molar-refractivity contribution in [1.82, 2.24) is 15.5 Å². The first-order valence-corrected chi connectivity index (χ1v) is 9.26. The molecule has 1 saturated carbocycles. The molecule has 1 fully saturated rings. The van der Waals surface area contributed by atoms with E-state index in [1.807, 2.05) is 18.2 Å². The van der Waals surface area contributed by atoms with Crippen LogP contribution in [-0.4, -0.2) is 23.2 Å². The Morgan fingerprint density at radius 3 is 2.76 bits per heavy atom. The summed E-state index contributed by atoms with van der Waals surface area (Å²) in [6, 6.07) is 5.86. The van der Waals surface area contributed by atoms with E-state index in [9.17, 15) is 4.79 Å².